The molecule has 104 valence electrons. The van der Waals surface area contributed by atoms with Crippen LogP contribution < -0.4 is 0 Å². The van der Waals surface area contributed by atoms with Gasteiger partial charge in [-0.1, -0.05) is 0 Å². The van der Waals surface area contributed by atoms with E-state index in [1.165, 1.54) is 0 Å². The lowest BCUT2D eigenvalue weighted by Gasteiger charge is -2.45. The van der Waals surface area contributed by atoms with Crippen molar-refractivity contribution in [3.8, 4) is 0 Å². The Hall–Kier alpha value is -1.30. The number of carboxylic acids is 1. The third-order valence-electron chi connectivity index (χ3n) is 3.78. The molecule has 0 radical (unpaired) electrons. The summed E-state index contributed by atoms with van der Waals surface area (Å²) in [5, 5.41) is 9.03. The van der Waals surface area contributed by atoms with Gasteiger partial charge in [-0.15, -0.1) is 0 Å². The molecule has 0 unspecified atom stereocenters. The van der Waals surface area contributed by atoms with Gasteiger partial charge in [-0.25, -0.2) is 4.79 Å². The van der Waals surface area contributed by atoms with Crippen molar-refractivity contribution in [2.24, 2.45) is 0 Å². The molecule has 0 spiro atoms. The Bertz CT molecular complexity index is 321. The van der Waals surface area contributed by atoms with Crippen molar-refractivity contribution in [1.82, 2.24) is 14.7 Å². The van der Waals surface area contributed by atoms with Crippen molar-refractivity contribution in [1.29, 1.82) is 0 Å². The fourth-order valence-electron chi connectivity index (χ4n) is 2.46. The molecule has 18 heavy (non-hydrogen) atoms. The van der Waals surface area contributed by atoms with Crippen molar-refractivity contribution >= 4 is 12.0 Å². The van der Waals surface area contributed by atoms with Crippen LogP contribution in [0.2, 0.25) is 0 Å². The third kappa shape index (κ3) is 3.13. The standard InChI is InChI=1S/C12H23N3O3/c1-13(2)11(18)15-7-5-12(6-8-15,14(3)4)9-10(16)17/h5-9H2,1-4H3,(H,16,17). The summed E-state index contributed by atoms with van der Waals surface area (Å²) in [4.78, 5) is 28.1. The van der Waals surface area contributed by atoms with Crippen LogP contribution in [0, 0.1) is 0 Å². The number of amides is 2. The van der Waals surface area contributed by atoms with Gasteiger partial charge in [0.25, 0.3) is 0 Å². The molecule has 1 aliphatic heterocycles. The van der Waals surface area contributed by atoms with E-state index >= 15 is 0 Å². The van der Waals surface area contributed by atoms with Gasteiger partial charge in [0, 0.05) is 32.7 Å². The van der Waals surface area contributed by atoms with Gasteiger partial charge in [-0.3, -0.25) is 4.79 Å². The highest BCUT2D eigenvalue weighted by Crippen LogP contribution is 2.30. The summed E-state index contributed by atoms with van der Waals surface area (Å²) >= 11 is 0. The second-order valence-electron chi connectivity index (χ2n) is 5.35. The Morgan fingerprint density at radius 1 is 1.17 bits per heavy atom. The average Bonchev–Trinajstić information content (AvgIpc) is 2.27. The van der Waals surface area contributed by atoms with Crippen molar-refractivity contribution in [3.05, 3.63) is 0 Å². The third-order valence-corrected chi connectivity index (χ3v) is 3.78. The van der Waals surface area contributed by atoms with E-state index in [0.29, 0.717) is 25.9 Å². The van der Waals surface area contributed by atoms with E-state index < -0.39 is 5.97 Å². The molecule has 1 rings (SSSR count). The van der Waals surface area contributed by atoms with Crippen LogP contribution in [0.1, 0.15) is 19.3 Å². The minimum absolute atomic E-state index is 0.00215. The Labute approximate surface area is 108 Å². The fraction of sp³-hybridized carbons (Fsp3) is 0.833. The zero-order valence-corrected chi connectivity index (χ0v) is 11.6. The minimum Gasteiger partial charge on any atom is -0.481 e. The number of nitrogens with zero attached hydrogens (tertiary/aromatic N) is 3. The predicted molar refractivity (Wildman–Crippen MR) is 68.6 cm³/mol. The van der Waals surface area contributed by atoms with Crippen LogP contribution in [0.15, 0.2) is 0 Å². The maximum Gasteiger partial charge on any atom is 0.319 e. The lowest BCUT2D eigenvalue weighted by molar-refractivity contribution is -0.140. The number of hydrogen-bond donors (Lipinski definition) is 1. The largest absolute Gasteiger partial charge is 0.481 e. The van der Waals surface area contributed by atoms with Gasteiger partial charge >= 0.3 is 12.0 Å². The van der Waals surface area contributed by atoms with Crippen LogP contribution in [0.25, 0.3) is 0 Å². The molecule has 0 atom stereocenters. The zero-order valence-electron chi connectivity index (χ0n) is 11.6. The number of piperidine rings is 1. The minimum atomic E-state index is -0.781. The molecule has 0 aromatic heterocycles. The Kier molecular flexibility index (Phi) is 4.56. The van der Waals surface area contributed by atoms with Gasteiger partial charge in [-0.2, -0.15) is 0 Å². The topological polar surface area (TPSA) is 64.1 Å². The molecule has 1 N–H and O–H groups in total. The highest BCUT2D eigenvalue weighted by Gasteiger charge is 2.39. The normalized spacial score (nSPS) is 18.8. The van der Waals surface area contributed by atoms with Gasteiger partial charge in [0.05, 0.1) is 6.42 Å². The molecule has 0 saturated carbocycles. The number of carboxylic acid groups (broad SMARTS) is 1. The lowest BCUT2D eigenvalue weighted by atomic mass is 9.83. The average molecular weight is 257 g/mol. The quantitative estimate of drug-likeness (QED) is 0.801. The first-order valence-corrected chi connectivity index (χ1v) is 6.14. The second-order valence-corrected chi connectivity index (χ2v) is 5.35. The van der Waals surface area contributed by atoms with E-state index in [1.807, 2.05) is 19.0 Å². The first-order valence-electron chi connectivity index (χ1n) is 6.14. The number of rotatable bonds is 3. The van der Waals surface area contributed by atoms with Gasteiger partial charge in [0.15, 0.2) is 0 Å². The van der Waals surface area contributed by atoms with Crippen molar-refractivity contribution in [3.63, 3.8) is 0 Å². The molecule has 6 heteroatoms. The van der Waals surface area contributed by atoms with Crippen LogP contribution in [0.3, 0.4) is 0 Å². The molecule has 2 amide bonds. The number of hydrogen-bond acceptors (Lipinski definition) is 3. The van der Waals surface area contributed by atoms with E-state index in [4.69, 9.17) is 5.11 Å². The number of carbonyl (C=O) groups excluding carboxylic acids is 1. The number of urea groups is 1. The fourth-order valence-corrected chi connectivity index (χ4v) is 2.46. The lowest BCUT2D eigenvalue weighted by Crippen LogP contribution is -2.56. The SMILES string of the molecule is CN(C)C(=O)N1CCC(CC(=O)O)(N(C)C)CC1. The van der Waals surface area contributed by atoms with Gasteiger partial charge in [-0.05, 0) is 26.9 Å². The molecule has 1 fully saturated rings. The van der Waals surface area contributed by atoms with Crippen LogP contribution >= 0.6 is 0 Å². The molecule has 1 heterocycles. The molecule has 0 aliphatic carbocycles. The monoisotopic (exact) mass is 257 g/mol. The van der Waals surface area contributed by atoms with Crippen LogP contribution in [0.5, 0.6) is 0 Å². The van der Waals surface area contributed by atoms with Gasteiger partial charge < -0.3 is 19.8 Å². The smallest absolute Gasteiger partial charge is 0.319 e. The molecule has 6 nitrogen and oxygen atoms in total. The summed E-state index contributed by atoms with van der Waals surface area (Å²) in [6, 6.07) is -0.00215. The molecular weight excluding hydrogens is 234 g/mol. The van der Waals surface area contributed by atoms with E-state index in [0.717, 1.165) is 0 Å². The number of carbonyl (C=O) groups is 2. The van der Waals surface area contributed by atoms with Crippen LogP contribution in [0.4, 0.5) is 4.79 Å². The summed E-state index contributed by atoms with van der Waals surface area (Å²) in [5.74, 6) is -0.781. The molecule has 0 aromatic rings. The number of aliphatic carboxylic acids is 1. The van der Waals surface area contributed by atoms with E-state index in [-0.39, 0.29) is 18.0 Å². The van der Waals surface area contributed by atoms with E-state index in [1.54, 1.807) is 23.9 Å². The zero-order chi connectivity index (χ0) is 13.9. The molecular formula is C12H23N3O3. The highest BCUT2D eigenvalue weighted by molar-refractivity contribution is 5.74. The summed E-state index contributed by atoms with van der Waals surface area (Å²) in [5.41, 5.74) is -0.324. The van der Waals surface area contributed by atoms with Crippen molar-refractivity contribution in [2.45, 2.75) is 24.8 Å². The van der Waals surface area contributed by atoms with Crippen LogP contribution in [-0.4, -0.2) is 78.6 Å². The molecule has 0 bridgehead atoms. The Balaban J connectivity index is 2.69. The summed E-state index contributed by atoms with van der Waals surface area (Å²) in [7, 11) is 7.28. The van der Waals surface area contributed by atoms with E-state index in [9.17, 15) is 9.59 Å². The summed E-state index contributed by atoms with van der Waals surface area (Å²) < 4.78 is 0. The highest BCUT2D eigenvalue weighted by atomic mass is 16.4. The summed E-state index contributed by atoms with van der Waals surface area (Å²) in [6.07, 6.45) is 1.53. The van der Waals surface area contributed by atoms with Gasteiger partial charge in [0.2, 0.25) is 0 Å². The maximum atomic E-state index is 11.8. The molecule has 1 saturated heterocycles. The first kappa shape index (κ1) is 14.8. The molecule has 0 aromatic carbocycles. The Morgan fingerprint density at radius 3 is 2.00 bits per heavy atom. The maximum absolute atomic E-state index is 11.8. The molecule has 1 aliphatic rings. The second kappa shape index (κ2) is 5.56. The van der Waals surface area contributed by atoms with Crippen molar-refractivity contribution < 1.29 is 14.7 Å². The Morgan fingerprint density at radius 2 is 1.67 bits per heavy atom. The first-order chi connectivity index (χ1) is 8.28. The summed E-state index contributed by atoms with van der Waals surface area (Å²) in [6.45, 7) is 1.23. The van der Waals surface area contributed by atoms with Crippen molar-refractivity contribution in [2.75, 3.05) is 41.3 Å². The predicted octanol–water partition coefficient (Wildman–Crippen LogP) is 0.539. The van der Waals surface area contributed by atoms with Gasteiger partial charge in [0.1, 0.15) is 0 Å². The van der Waals surface area contributed by atoms with Crippen LogP contribution in [-0.2, 0) is 4.79 Å². The number of likely N-dealkylation sites (tertiary alicyclic amines) is 1. The van der Waals surface area contributed by atoms with E-state index in [2.05, 4.69) is 0 Å².